The van der Waals surface area contributed by atoms with Crippen LogP contribution in [0, 0.1) is 35.5 Å². The molecule has 0 bridgehead atoms. The second kappa shape index (κ2) is 23.3. The Balaban J connectivity index is 3.43. The minimum absolute atomic E-state index is 0.394. The highest BCUT2D eigenvalue weighted by Crippen LogP contribution is 2.37. The highest BCUT2D eigenvalue weighted by molar-refractivity contribution is 5.31. The Morgan fingerprint density at radius 2 is 0.857 bits per heavy atom. The predicted molar refractivity (Wildman–Crippen MR) is 184 cm³/mol. The van der Waals surface area contributed by atoms with Crippen LogP contribution in [0.3, 0.4) is 0 Å². The Hall–Kier alpha value is -1.10. The maximum Gasteiger partial charge on any atom is 0.00747 e. The van der Waals surface area contributed by atoms with Crippen LogP contribution in [0.1, 0.15) is 77.3 Å². The summed E-state index contributed by atoms with van der Waals surface area (Å²) >= 11 is 0. The second-order valence-corrected chi connectivity index (χ2v) is 13.4. The molecule has 12 N–H and O–H groups in total. The molecule has 1 aromatic rings. The lowest BCUT2D eigenvalue weighted by Crippen LogP contribution is -2.38. The molecule has 0 amide bonds. The fourth-order valence-electron chi connectivity index (χ4n) is 6.57. The van der Waals surface area contributed by atoms with Crippen molar-refractivity contribution < 1.29 is 0 Å². The number of hydrogen-bond acceptors (Lipinski definition) is 8. The Morgan fingerprint density at radius 3 is 1.17 bits per heavy atom. The molecule has 0 aromatic heterocycles. The van der Waals surface area contributed by atoms with E-state index in [0.29, 0.717) is 73.5 Å². The third-order valence-electron chi connectivity index (χ3n) is 8.90. The molecule has 8 heteroatoms. The van der Waals surface area contributed by atoms with Gasteiger partial charge in [0.2, 0.25) is 0 Å². The lowest BCUT2D eigenvalue weighted by atomic mass is 9.73. The number of nitrogens with one attached hydrogen (secondary N) is 4. The highest BCUT2D eigenvalue weighted by Gasteiger charge is 2.30. The van der Waals surface area contributed by atoms with Gasteiger partial charge in [0.15, 0.2) is 0 Å². The van der Waals surface area contributed by atoms with Crippen molar-refractivity contribution in [2.24, 2.45) is 58.4 Å². The monoisotopic (exact) mass is 591 g/mol. The van der Waals surface area contributed by atoms with Gasteiger partial charge in [-0.15, -0.1) is 0 Å². The first-order chi connectivity index (χ1) is 20.2. The lowest BCUT2D eigenvalue weighted by molar-refractivity contribution is 0.245. The zero-order valence-corrected chi connectivity index (χ0v) is 28.1. The number of benzene rings is 1. The maximum atomic E-state index is 5.89. The Kier molecular flexibility index (Phi) is 21.6. The first-order valence-corrected chi connectivity index (χ1v) is 16.9. The first kappa shape index (κ1) is 38.9. The van der Waals surface area contributed by atoms with Gasteiger partial charge >= 0.3 is 0 Å². The van der Waals surface area contributed by atoms with Crippen molar-refractivity contribution >= 4 is 0 Å². The fourth-order valence-corrected chi connectivity index (χ4v) is 6.57. The second-order valence-electron chi connectivity index (χ2n) is 13.4. The standard InChI is InChI=1S/C34H70N8/c1-25(2)18-31(21-39-14-10-35)27(5)33(23-41-16-12-37)29-8-7-9-30(20-29)34(24-42-17-13-38)28(6)32(19-26(3)4)22-40-15-11-36/h7-9,20,25-28,31-34,39-42H,10-19,21-24,35-38H2,1-6H3. The van der Waals surface area contributed by atoms with E-state index in [4.69, 9.17) is 22.9 Å². The van der Waals surface area contributed by atoms with E-state index in [0.717, 1.165) is 52.4 Å². The van der Waals surface area contributed by atoms with Crippen LogP contribution in [0.2, 0.25) is 0 Å². The summed E-state index contributed by atoms with van der Waals surface area (Å²) in [5.74, 6) is 4.20. The molecule has 246 valence electrons. The van der Waals surface area contributed by atoms with Gasteiger partial charge in [-0.2, -0.15) is 0 Å². The van der Waals surface area contributed by atoms with Crippen LogP contribution >= 0.6 is 0 Å². The summed E-state index contributed by atoms with van der Waals surface area (Å²) in [6.45, 7) is 24.1. The van der Waals surface area contributed by atoms with E-state index in [-0.39, 0.29) is 0 Å². The molecule has 1 rings (SSSR count). The normalized spacial score (nSPS) is 16.5. The van der Waals surface area contributed by atoms with E-state index in [9.17, 15) is 0 Å². The van der Waals surface area contributed by atoms with Crippen molar-refractivity contribution in [3.05, 3.63) is 35.4 Å². The third kappa shape index (κ3) is 15.1. The maximum absolute atomic E-state index is 5.89. The van der Waals surface area contributed by atoms with Gasteiger partial charge < -0.3 is 44.2 Å². The summed E-state index contributed by atoms with van der Waals surface area (Å²) in [6.07, 6.45) is 2.39. The molecule has 6 unspecified atom stereocenters. The van der Waals surface area contributed by atoms with E-state index >= 15 is 0 Å². The summed E-state index contributed by atoms with van der Waals surface area (Å²) in [5, 5.41) is 14.6. The summed E-state index contributed by atoms with van der Waals surface area (Å²) in [5.41, 5.74) is 26.2. The number of rotatable bonds is 26. The van der Waals surface area contributed by atoms with E-state index in [1.807, 2.05) is 0 Å². The minimum Gasteiger partial charge on any atom is -0.329 e. The number of nitrogens with two attached hydrogens (primary N) is 4. The van der Waals surface area contributed by atoms with Gasteiger partial charge in [0.1, 0.15) is 0 Å². The molecule has 0 aliphatic carbocycles. The fraction of sp³-hybridized carbons (Fsp3) is 0.824. The van der Waals surface area contributed by atoms with Crippen molar-refractivity contribution in [1.29, 1.82) is 0 Å². The third-order valence-corrected chi connectivity index (χ3v) is 8.90. The molecule has 0 heterocycles. The molecule has 0 aliphatic heterocycles. The lowest BCUT2D eigenvalue weighted by Gasteiger charge is -2.35. The molecule has 42 heavy (non-hydrogen) atoms. The van der Waals surface area contributed by atoms with E-state index in [2.05, 4.69) is 87.1 Å². The van der Waals surface area contributed by atoms with Gasteiger partial charge in [0, 0.05) is 65.4 Å². The molecule has 8 nitrogen and oxygen atoms in total. The minimum atomic E-state index is 0.394. The zero-order valence-electron chi connectivity index (χ0n) is 28.1. The smallest absolute Gasteiger partial charge is 0.00747 e. The van der Waals surface area contributed by atoms with Crippen LogP contribution in [0.5, 0.6) is 0 Å². The Morgan fingerprint density at radius 1 is 0.524 bits per heavy atom. The predicted octanol–water partition coefficient (Wildman–Crippen LogP) is 2.64. The molecule has 0 saturated carbocycles. The Labute approximate surface area is 259 Å². The number of hydrogen-bond donors (Lipinski definition) is 8. The van der Waals surface area contributed by atoms with Crippen molar-refractivity contribution in [1.82, 2.24) is 21.3 Å². The quantitative estimate of drug-likeness (QED) is 0.0767. The van der Waals surface area contributed by atoms with Crippen LogP contribution in [0.25, 0.3) is 0 Å². The average Bonchev–Trinajstić information content (AvgIpc) is 2.96. The van der Waals surface area contributed by atoms with Crippen LogP contribution in [-0.2, 0) is 0 Å². The van der Waals surface area contributed by atoms with Crippen LogP contribution in [-0.4, -0.2) is 78.5 Å². The topological polar surface area (TPSA) is 152 Å². The van der Waals surface area contributed by atoms with Gasteiger partial charge in [0.25, 0.3) is 0 Å². The van der Waals surface area contributed by atoms with Gasteiger partial charge in [-0.3, -0.25) is 0 Å². The summed E-state index contributed by atoms with van der Waals surface area (Å²) in [7, 11) is 0. The van der Waals surface area contributed by atoms with Crippen LogP contribution in [0.15, 0.2) is 24.3 Å². The van der Waals surface area contributed by atoms with Gasteiger partial charge in [-0.25, -0.2) is 0 Å². The molecule has 0 saturated heterocycles. The van der Waals surface area contributed by atoms with Gasteiger partial charge in [0.05, 0.1) is 0 Å². The van der Waals surface area contributed by atoms with E-state index < -0.39 is 0 Å². The van der Waals surface area contributed by atoms with Gasteiger partial charge in [-0.1, -0.05) is 65.8 Å². The Bertz CT molecular complexity index is 714. The summed E-state index contributed by atoms with van der Waals surface area (Å²) < 4.78 is 0. The van der Waals surface area contributed by atoms with Crippen LogP contribution < -0.4 is 44.2 Å². The van der Waals surface area contributed by atoms with Crippen LogP contribution in [0.4, 0.5) is 0 Å². The first-order valence-electron chi connectivity index (χ1n) is 16.9. The molecule has 6 atom stereocenters. The van der Waals surface area contributed by atoms with Crippen molar-refractivity contribution in [2.75, 3.05) is 78.5 Å². The van der Waals surface area contributed by atoms with Crippen molar-refractivity contribution in [2.45, 2.75) is 66.2 Å². The largest absolute Gasteiger partial charge is 0.329 e. The van der Waals surface area contributed by atoms with Gasteiger partial charge in [-0.05, 0) is 84.4 Å². The molecule has 0 fully saturated rings. The average molecular weight is 591 g/mol. The van der Waals surface area contributed by atoms with E-state index in [1.54, 1.807) is 0 Å². The zero-order chi connectivity index (χ0) is 31.3. The summed E-state index contributed by atoms with van der Waals surface area (Å²) in [6, 6.07) is 9.48. The van der Waals surface area contributed by atoms with E-state index in [1.165, 1.54) is 24.0 Å². The molecule has 0 aliphatic rings. The molecule has 1 aromatic carbocycles. The molecular formula is C34H70N8. The molecule has 0 spiro atoms. The van der Waals surface area contributed by atoms with Crippen molar-refractivity contribution in [3.63, 3.8) is 0 Å². The molecule has 0 radical (unpaired) electrons. The highest BCUT2D eigenvalue weighted by atomic mass is 14.9. The molecular weight excluding hydrogens is 520 g/mol. The summed E-state index contributed by atoms with van der Waals surface area (Å²) in [4.78, 5) is 0. The SMILES string of the molecule is CC(C)CC(CNCCN)C(C)C(CNCCN)c1cccc(C(CNCCN)C(C)C(CNCCN)CC(C)C)c1. The van der Waals surface area contributed by atoms with Crippen molar-refractivity contribution in [3.8, 4) is 0 Å².